The molecule has 0 bridgehead atoms. The van der Waals surface area contributed by atoms with Crippen LogP contribution < -0.4 is 9.47 Å². The maximum absolute atomic E-state index is 10.2. The maximum Gasteiger partial charge on any atom is 0.132 e. The molecule has 2 aromatic carbocycles. The van der Waals surface area contributed by atoms with Crippen LogP contribution in [-0.2, 0) is 0 Å². The topological polar surface area (TPSA) is 38.7 Å². The molecule has 3 nitrogen and oxygen atoms in total. The zero-order valence-corrected chi connectivity index (χ0v) is 13.0. The zero-order valence-electron chi connectivity index (χ0n) is 13.0. The summed E-state index contributed by atoms with van der Waals surface area (Å²) < 4.78 is 11.4. The van der Waals surface area contributed by atoms with E-state index in [2.05, 4.69) is 19.7 Å². The van der Waals surface area contributed by atoms with E-state index in [9.17, 15) is 5.11 Å². The molecule has 0 aliphatic rings. The standard InChI is InChI=1S/C20H20O3/c1-4-11-22-16-13-15(6-3)20(19(14-16)23-12-5-2)17-9-7-8-10-18(17)21/h4-10,13-14,21H,1-3,11-12H2. The van der Waals surface area contributed by atoms with Crippen molar-refractivity contribution in [2.24, 2.45) is 0 Å². The average Bonchev–Trinajstić information content (AvgIpc) is 2.58. The summed E-state index contributed by atoms with van der Waals surface area (Å²) >= 11 is 0. The van der Waals surface area contributed by atoms with Gasteiger partial charge in [0.2, 0.25) is 0 Å². The molecule has 23 heavy (non-hydrogen) atoms. The number of aromatic hydroxyl groups is 1. The first-order chi connectivity index (χ1) is 11.2. The Kier molecular flexibility index (Phi) is 5.64. The van der Waals surface area contributed by atoms with Crippen LogP contribution in [0.2, 0.25) is 0 Å². The Morgan fingerprint density at radius 1 is 0.957 bits per heavy atom. The van der Waals surface area contributed by atoms with Gasteiger partial charge in [0.1, 0.15) is 30.5 Å². The van der Waals surface area contributed by atoms with Crippen molar-refractivity contribution in [2.45, 2.75) is 0 Å². The second kappa shape index (κ2) is 7.90. The Balaban J connectivity index is 2.61. The molecule has 0 aliphatic heterocycles. The number of rotatable bonds is 8. The van der Waals surface area contributed by atoms with Crippen molar-refractivity contribution in [3.63, 3.8) is 0 Å². The monoisotopic (exact) mass is 308 g/mol. The minimum absolute atomic E-state index is 0.179. The largest absolute Gasteiger partial charge is 0.507 e. The molecule has 0 radical (unpaired) electrons. The van der Waals surface area contributed by atoms with Crippen molar-refractivity contribution in [1.82, 2.24) is 0 Å². The van der Waals surface area contributed by atoms with Gasteiger partial charge in [-0.15, -0.1) is 0 Å². The number of ether oxygens (including phenoxy) is 2. The quantitative estimate of drug-likeness (QED) is 0.710. The van der Waals surface area contributed by atoms with E-state index in [1.165, 1.54) is 0 Å². The number of hydrogen-bond acceptors (Lipinski definition) is 3. The van der Waals surface area contributed by atoms with Crippen LogP contribution in [0.25, 0.3) is 17.2 Å². The number of hydrogen-bond donors (Lipinski definition) is 1. The summed E-state index contributed by atoms with van der Waals surface area (Å²) in [6, 6.07) is 10.8. The third kappa shape index (κ3) is 3.83. The first-order valence-electron chi connectivity index (χ1n) is 7.27. The smallest absolute Gasteiger partial charge is 0.132 e. The summed E-state index contributed by atoms with van der Waals surface area (Å²) in [5.74, 6) is 1.43. The molecule has 0 aromatic heterocycles. The van der Waals surface area contributed by atoms with E-state index in [1.54, 1.807) is 36.4 Å². The molecular weight excluding hydrogens is 288 g/mol. The van der Waals surface area contributed by atoms with E-state index in [1.807, 2.05) is 18.2 Å². The van der Waals surface area contributed by atoms with E-state index >= 15 is 0 Å². The van der Waals surface area contributed by atoms with Gasteiger partial charge < -0.3 is 14.6 Å². The first-order valence-corrected chi connectivity index (χ1v) is 7.27. The number of phenols is 1. The fourth-order valence-electron chi connectivity index (χ4n) is 2.25. The molecule has 0 atom stereocenters. The molecule has 3 heteroatoms. The summed E-state index contributed by atoms with van der Waals surface area (Å²) in [6.07, 6.45) is 5.05. The third-order valence-electron chi connectivity index (χ3n) is 3.22. The number of benzene rings is 2. The predicted octanol–water partition coefficient (Wildman–Crippen LogP) is 4.83. The highest BCUT2D eigenvalue weighted by molar-refractivity contribution is 5.84. The van der Waals surface area contributed by atoms with Crippen LogP contribution in [0.5, 0.6) is 17.2 Å². The van der Waals surface area contributed by atoms with Gasteiger partial charge in [-0.3, -0.25) is 0 Å². The zero-order chi connectivity index (χ0) is 16.7. The molecule has 0 aliphatic carbocycles. The second-order valence-corrected chi connectivity index (χ2v) is 4.81. The molecule has 0 saturated heterocycles. The molecular formula is C20H20O3. The van der Waals surface area contributed by atoms with E-state index < -0.39 is 0 Å². The third-order valence-corrected chi connectivity index (χ3v) is 3.22. The lowest BCUT2D eigenvalue weighted by atomic mass is 9.97. The summed E-state index contributed by atoms with van der Waals surface area (Å²) in [6.45, 7) is 11.9. The van der Waals surface area contributed by atoms with Crippen LogP contribution in [0.15, 0.2) is 68.3 Å². The van der Waals surface area contributed by atoms with Gasteiger partial charge in [0.15, 0.2) is 0 Å². The van der Waals surface area contributed by atoms with E-state index in [4.69, 9.17) is 9.47 Å². The summed E-state index contributed by atoms with van der Waals surface area (Å²) in [4.78, 5) is 0. The highest BCUT2D eigenvalue weighted by Crippen LogP contribution is 2.41. The van der Waals surface area contributed by atoms with Gasteiger partial charge in [-0.25, -0.2) is 0 Å². The van der Waals surface area contributed by atoms with Crippen molar-refractivity contribution in [1.29, 1.82) is 0 Å². The molecule has 1 N–H and O–H groups in total. The normalized spacial score (nSPS) is 9.91. The SMILES string of the molecule is C=CCOc1cc(C=C)c(-c2ccccc2O)c(OCC=C)c1. The molecule has 2 aromatic rings. The van der Waals surface area contributed by atoms with Crippen molar-refractivity contribution in [3.8, 4) is 28.4 Å². The van der Waals surface area contributed by atoms with Gasteiger partial charge in [0.25, 0.3) is 0 Å². The van der Waals surface area contributed by atoms with Crippen LogP contribution in [0, 0.1) is 0 Å². The Bertz CT molecular complexity index is 717. The summed E-state index contributed by atoms with van der Waals surface area (Å²) in [5, 5.41) is 10.2. The molecule has 118 valence electrons. The van der Waals surface area contributed by atoms with Crippen LogP contribution in [-0.4, -0.2) is 18.3 Å². The van der Waals surface area contributed by atoms with Crippen LogP contribution in [0.1, 0.15) is 5.56 Å². The van der Waals surface area contributed by atoms with Gasteiger partial charge in [0, 0.05) is 17.2 Å². The number of phenolic OH excluding ortho intramolecular Hbond substituents is 1. The predicted molar refractivity (Wildman–Crippen MR) is 95.0 cm³/mol. The van der Waals surface area contributed by atoms with Crippen LogP contribution >= 0.6 is 0 Å². The highest BCUT2D eigenvalue weighted by atomic mass is 16.5. The Morgan fingerprint density at radius 3 is 2.30 bits per heavy atom. The van der Waals surface area contributed by atoms with Crippen LogP contribution in [0.3, 0.4) is 0 Å². The van der Waals surface area contributed by atoms with Crippen molar-refractivity contribution < 1.29 is 14.6 Å². The van der Waals surface area contributed by atoms with E-state index in [0.717, 1.165) is 11.1 Å². The molecule has 0 saturated carbocycles. The molecule has 0 amide bonds. The summed E-state index contributed by atoms with van der Waals surface area (Å²) in [5.41, 5.74) is 2.26. The van der Waals surface area contributed by atoms with Gasteiger partial charge in [-0.2, -0.15) is 0 Å². The molecule has 0 fully saturated rings. The molecule has 0 unspecified atom stereocenters. The fourth-order valence-corrected chi connectivity index (χ4v) is 2.25. The number of para-hydroxylation sites is 1. The average molecular weight is 308 g/mol. The molecule has 0 spiro atoms. The summed E-state index contributed by atoms with van der Waals surface area (Å²) in [7, 11) is 0. The van der Waals surface area contributed by atoms with Crippen molar-refractivity contribution >= 4 is 6.08 Å². The Labute approximate surface area is 136 Å². The van der Waals surface area contributed by atoms with Gasteiger partial charge in [-0.05, 0) is 17.7 Å². The molecule has 0 heterocycles. The fraction of sp³-hybridized carbons (Fsp3) is 0.100. The van der Waals surface area contributed by atoms with Crippen molar-refractivity contribution in [2.75, 3.05) is 13.2 Å². The van der Waals surface area contributed by atoms with E-state index in [0.29, 0.717) is 30.3 Å². The minimum atomic E-state index is 0.179. The Morgan fingerprint density at radius 2 is 1.65 bits per heavy atom. The van der Waals surface area contributed by atoms with Gasteiger partial charge in [0.05, 0.1) is 0 Å². The van der Waals surface area contributed by atoms with Crippen LogP contribution in [0.4, 0.5) is 0 Å². The van der Waals surface area contributed by atoms with E-state index in [-0.39, 0.29) is 5.75 Å². The van der Waals surface area contributed by atoms with Gasteiger partial charge >= 0.3 is 0 Å². The first kappa shape index (κ1) is 16.4. The van der Waals surface area contributed by atoms with Gasteiger partial charge in [-0.1, -0.05) is 56.2 Å². The Hall–Kier alpha value is -2.94. The molecule has 2 rings (SSSR count). The highest BCUT2D eigenvalue weighted by Gasteiger charge is 2.16. The lowest BCUT2D eigenvalue weighted by Gasteiger charge is -2.17. The minimum Gasteiger partial charge on any atom is -0.507 e. The lowest BCUT2D eigenvalue weighted by Crippen LogP contribution is -2.00. The lowest BCUT2D eigenvalue weighted by molar-refractivity contribution is 0.345. The maximum atomic E-state index is 10.2. The van der Waals surface area contributed by atoms with Crippen molar-refractivity contribution in [3.05, 3.63) is 73.9 Å². The second-order valence-electron chi connectivity index (χ2n) is 4.81.